The Morgan fingerprint density at radius 3 is 2.54 bits per heavy atom. The van der Waals surface area contributed by atoms with Crippen LogP contribution in [0, 0.1) is 0 Å². The Bertz CT molecular complexity index is 276. The van der Waals surface area contributed by atoms with Gasteiger partial charge in [0.1, 0.15) is 0 Å². The van der Waals surface area contributed by atoms with Crippen LogP contribution in [0.4, 0.5) is 0 Å². The number of rotatable bonds is 3. The molecule has 0 amide bonds. The van der Waals surface area contributed by atoms with E-state index in [9.17, 15) is 8.42 Å². The van der Waals surface area contributed by atoms with Gasteiger partial charge in [0.25, 0.3) is 0 Å². The summed E-state index contributed by atoms with van der Waals surface area (Å²) in [5.74, 6) is 0. The smallest absolute Gasteiger partial charge is 0.209 e. The van der Waals surface area contributed by atoms with Crippen molar-refractivity contribution in [2.24, 2.45) is 0 Å². The fraction of sp³-hybridized carbons (Fsp3) is 1.00. The lowest BCUT2D eigenvalue weighted by Crippen LogP contribution is -2.47. The lowest BCUT2D eigenvalue weighted by Gasteiger charge is -2.24. The largest absolute Gasteiger partial charge is 0.302 e. The number of nitrogens with zero attached hydrogens (tertiary/aromatic N) is 1. The summed E-state index contributed by atoms with van der Waals surface area (Å²) in [6, 6.07) is 0. The molecule has 0 aromatic carbocycles. The highest BCUT2D eigenvalue weighted by molar-refractivity contribution is 7.88. The lowest BCUT2D eigenvalue weighted by molar-refractivity contribution is 0.324. The molecule has 1 heterocycles. The SMILES string of the molecule is CCN1CCC(C)(NS(C)(=O)=O)C1. The Kier molecular flexibility index (Phi) is 2.99. The number of likely N-dealkylation sites (tertiary alicyclic amines) is 1. The van der Waals surface area contributed by atoms with Gasteiger partial charge in [-0.1, -0.05) is 6.92 Å². The number of likely N-dealkylation sites (N-methyl/N-ethyl adjacent to an activating group) is 1. The quantitative estimate of drug-likeness (QED) is 0.708. The minimum atomic E-state index is -3.07. The first kappa shape index (κ1) is 10.9. The molecule has 13 heavy (non-hydrogen) atoms. The van der Waals surface area contributed by atoms with Gasteiger partial charge < -0.3 is 4.90 Å². The fourth-order valence-corrected chi connectivity index (χ4v) is 2.92. The van der Waals surface area contributed by atoms with Crippen LogP contribution in [0.2, 0.25) is 0 Å². The highest BCUT2D eigenvalue weighted by Crippen LogP contribution is 2.20. The molecule has 78 valence electrons. The van der Waals surface area contributed by atoms with E-state index in [1.54, 1.807) is 0 Å². The molecule has 1 unspecified atom stereocenters. The van der Waals surface area contributed by atoms with Gasteiger partial charge in [-0.3, -0.25) is 0 Å². The molecule has 1 atom stereocenters. The Labute approximate surface area is 80.4 Å². The molecule has 0 aromatic heterocycles. The zero-order valence-corrected chi connectivity index (χ0v) is 9.32. The third-order valence-corrected chi connectivity index (χ3v) is 3.29. The summed E-state index contributed by atoms with van der Waals surface area (Å²) in [6.45, 7) is 6.84. The van der Waals surface area contributed by atoms with Crippen molar-refractivity contribution in [1.82, 2.24) is 9.62 Å². The van der Waals surface area contributed by atoms with E-state index in [1.165, 1.54) is 6.26 Å². The van der Waals surface area contributed by atoms with Crippen LogP contribution in [0.25, 0.3) is 0 Å². The summed E-state index contributed by atoms with van der Waals surface area (Å²) < 4.78 is 24.8. The first-order valence-corrected chi connectivity index (χ1v) is 6.45. The summed E-state index contributed by atoms with van der Waals surface area (Å²) in [5.41, 5.74) is -0.260. The fourth-order valence-electron chi connectivity index (χ4n) is 1.86. The first-order valence-electron chi connectivity index (χ1n) is 4.56. The van der Waals surface area contributed by atoms with Gasteiger partial charge in [0.2, 0.25) is 10.0 Å². The van der Waals surface area contributed by atoms with E-state index in [2.05, 4.69) is 16.5 Å². The average molecular weight is 206 g/mol. The van der Waals surface area contributed by atoms with Crippen molar-refractivity contribution in [3.05, 3.63) is 0 Å². The number of hydrogen-bond acceptors (Lipinski definition) is 3. The van der Waals surface area contributed by atoms with Crippen LogP contribution in [0.1, 0.15) is 20.3 Å². The Morgan fingerprint density at radius 2 is 2.15 bits per heavy atom. The van der Waals surface area contributed by atoms with Crippen LogP contribution in [-0.2, 0) is 10.0 Å². The molecule has 0 spiro atoms. The molecule has 1 saturated heterocycles. The highest BCUT2D eigenvalue weighted by atomic mass is 32.2. The summed E-state index contributed by atoms with van der Waals surface area (Å²) >= 11 is 0. The van der Waals surface area contributed by atoms with Crippen LogP contribution in [-0.4, -0.2) is 44.7 Å². The van der Waals surface area contributed by atoms with Crippen LogP contribution < -0.4 is 4.72 Å². The van der Waals surface area contributed by atoms with Crippen molar-refractivity contribution in [2.75, 3.05) is 25.9 Å². The van der Waals surface area contributed by atoms with E-state index in [1.807, 2.05) is 6.92 Å². The summed E-state index contributed by atoms with van der Waals surface area (Å²) in [7, 11) is -3.07. The topological polar surface area (TPSA) is 49.4 Å². The van der Waals surface area contributed by atoms with E-state index in [0.717, 1.165) is 26.1 Å². The van der Waals surface area contributed by atoms with Gasteiger partial charge in [-0.05, 0) is 19.9 Å². The zero-order valence-electron chi connectivity index (χ0n) is 8.50. The molecule has 0 bridgehead atoms. The predicted octanol–water partition coefficient (Wildman–Crippen LogP) is 0.0199. The predicted molar refractivity (Wildman–Crippen MR) is 53.1 cm³/mol. The number of hydrogen-bond donors (Lipinski definition) is 1. The van der Waals surface area contributed by atoms with Gasteiger partial charge in [0, 0.05) is 18.6 Å². The molecule has 0 aliphatic carbocycles. The maximum atomic E-state index is 11.1. The molecule has 1 aliphatic heterocycles. The minimum absolute atomic E-state index is 0.260. The van der Waals surface area contributed by atoms with Crippen molar-refractivity contribution >= 4 is 10.0 Å². The van der Waals surface area contributed by atoms with Gasteiger partial charge in [0.15, 0.2) is 0 Å². The maximum Gasteiger partial charge on any atom is 0.209 e. The van der Waals surface area contributed by atoms with Gasteiger partial charge in [-0.15, -0.1) is 0 Å². The summed E-state index contributed by atoms with van der Waals surface area (Å²) in [4.78, 5) is 2.25. The zero-order chi connectivity index (χ0) is 10.1. The molecule has 1 N–H and O–H groups in total. The second kappa shape index (κ2) is 3.55. The molecule has 1 rings (SSSR count). The average Bonchev–Trinajstić information content (AvgIpc) is 2.27. The molecule has 0 radical (unpaired) electrons. The molecular formula is C8H18N2O2S. The molecule has 1 fully saturated rings. The maximum absolute atomic E-state index is 11.1. The molecule has 1 aliphatic rings. The van der Waals surface area contributed by atoms with Crippen LogP contribution in [0.15, 0.2) is 0 Å². The van der Waals surface area contributed by atoms with Gasteiger partial charge in [-0.2, -0.15) is 0 Å². The standard InChI is InChI=1S/C8H18N2O2S/c1-4-10-6-5-8(2,7-10)9-13(3,11)12/h9H,4-7H2,1-3H3. The van der Waals surface area contributed by atoms with Gasteiger partial charge in [0.05, 0.1) is 6.26 Å². The van der Waals surface area contributed by atoms with Crippen molar-refractivity contribution < 1.29 is 8.42 Å². The Balaban J connectivity index is 2.60. The van der Waals surface area contributed by atoms with Crippen LogP contribution >= 0.6 is 0 Å². The Morgan fingerprint density at radius 1 is 1.54 bits per heavy atom. The monoisotopic (exact) mass is 206 g/mol. The second-order valence-electron chi connectivity index (χ2n) is 4.05. The third kappa shape index (κ3) is 3.25. The third-order valence-electron chi connectivity index (χ3n) is 2.43. The van der Waals surface area contributed by atoms with Crippen molar-refractivity contribution in [1.29, 1.82) is 0 Å². The molecule has 0 aromatic rings. The van der Waals surface area contributed by atoms with E-state index in [4.69, 9.17) is 0 Å². The molecular weight excluding hydrogens is 188 g/mol. The van der Waals surface area contributed by atoms with E-state index >= 15 is 0 Å². The lowest BCUT2D eigenvalue weighted by atomic mass is 10.0. The number of sulfonamides is 1. The van der Waals surface area contributed by atoms with Gasteiger partial charge in [-0.25, -0.2) is 13.1 Å². The summed E-state index contributed by atoms with van der Waals surface area (Å²) in [6.07, 6.45) is 2.11. The number of nitrogens with one attached hydrogen (secondary N) is 1. The highest BCUT2D eigenvalue weighted by Gasteiger charge is 2.35. The van der Waals surface area contributed by atoms with Crippen molar-refractivity contribution in [2.45, 2.75) is 25.8 Å². The molecule has 0 saturated carbocycles. The van der Waals surface area contributed by atoms with E-state index in [-0.39, 0.29) is 5.54 Å². The van der Waals surface area contributed by atoms with Crippen LogP contribution in [0.5, 0.6) is 0 Å². The van der Waals surface area contributed by atoms with Crippen molar-refractivity contribution in [3.8, 4) is 0 Å². The Hall–Kier alpha value is -0.130. The first-order chi connectivity index (χ1) is 5.85. The second-order valence-corrected chi connectivity index (χ2v) is 5.80. The van der Waals surface area contributed by atoms with Crippen LogP contribution in [0.3, 0.4) is 0 Å². The van der Waals surface area contributed by atoms with E-state index < -0.39 is 10.0 Å². The van der Waals surface area contributed by atoms with E-state index in [0.29, 0.717) is 0 Å². The molecule has 4 nitrogen and oxygen atoms in total. The van der Waals surface area contributed by atoms with Crippen molar-refractivity contribution in [3.63, 3.8) is 0 Å². The normalized spacial score (nSPS) is 31.0. The van der Waals surface area contributed by atoms with Gasteiger partial charge >= 0.3 is 0 Å². The minimum Gasteiger partial charge on any atom is -0.302 e. The summed E-state index contributed by atoms with van der Waals surface area (Å²) in [5, 5.41) is 0. The molecule has 5 heteroatoms.